The molecule has 3 aromatic heterocycles. The number of methoxy groups -OCH3 is 2. The molecule has 0 amide bonds. The summed E-state index contributed by atoms with van der Waals surface area (Å²) in [6.07, 6.45) is 2.88. The second kappa shape index (κ2) is 12.4. The summed E-state index contributed by atoms with van der Waals surface area (Å²) >= 11 is 0. The molecule has 0 aliphatic rings. The van der Waals surface area contributed by atoms with E-state index in [4.69, 9.17) is 24.4 Å². The Morgan fingerprint density at radius 2 is 1.78 bits per heavy atom. The Labute approximate surface area is 237 Å². The first-order valence-corrected chi connectivity index (χ1v) is 13.7. The normalized spacial score (nSPS) is 10.9. The molecular formula is C28H28N6O6S. The monoisotopic (exact) mass is 576 g/mol. The van der Waals surface area contributed by atoms with Crippen LogP contribution in [0.2, 0.25) is 0 Å². The largest absolute Gasteiger partial charge is 0.493 e. The van der Waals surface area contributed by atoms with Crippen molar-refractivity contribution in [1.29, 1.82) is 5.41 Å². The molecule has 0 unspecified atom stereocenters. The second-order valence-corrected chi connectivity index (χ2v) is 10.1. The lowest BCUT2D eigenvalue weighted by Crippen LogP contribution is -2.17. The maximum Gasteiger partial charge on any atom is 0.280 e. The molecule has 0 saturated carbocycles. The zero-order chi connectivity index (χ0) is 29.6. The predicted molar refractivity (Wildman–Crippen MR) is 153 cm³/mol. The number of benzene rings is 1. The van der Waals surface area contributed by atoms with Gasteiger partial charge in [0.25, 0.3) is 15.9 Å². The molecule has 0 radical (unpaired) electrons. The van der Waals surface area contributed by atoms with Crippen molar-refractivity contribution in [3.63, 3.8) is 0 Å². The molecule has 212 valence electrons. The van der Waals surface area contributed by atoms with Crippen LogP contribution in [0.1, 0.15) is 25.1 Å². The number of sulfonamides is 1. The molecule has 13 heteroatoms. The van der Waals surface area contributed by atoms with Crippen LogP contribution in [0.25, 0.3) is 17.0 Å². The van der Waals surface area contributed by atoms with Gasteiger partial charge in [-0.1, -0.05) is 24.8 Å². The van der Waals surface area contributed by atoms with Crippen molar-refractivity contribution in [3.8, 4) is 34.5 Å². The van der Waals surface area contributed by atoms with E-state index < -0.39 is 10.0 Å². The van der Waals surface area contributed by atoms with Crippen LogP contribution in [-0.2, 0) is 14.8 Å². The summed E-state index contributed by atoms with van der Waals surface area (Å²) in [4.78, 5) is 17.2. The van der Waals surface area contributed by atoms with Gasteiger partial charge >= 0.3 is 0 Å². The highest BCUT2D eigenvalue weighted by molar-refractivity contribution is 7.92. The van der Waals surface area contributed by atoms with Crippen LogP contribution in [0.5, 0.6) is 23.1 Å². The van der Waals surface area contributed by atoms with Crippen molar-refractivity contribution >= 4 is 27.3 Å². The summed E-state index contributed by atoms with van der Waals surface area (Å²) in [5.74, 6) is 0.194. The lowest BCUT2D eigenvalue weighted by molar-refractivity contribution is 0.324. The van der Waals surface area contributed by atoms with Crippen LogP contribution in [0.15, 0.2) is 72.5 Å². The number of nitrogens with zero attached hydrogens (tertiary/aromatic N) is 4. The van der Waals surface area contributed by atoms with Crippen LogP contribution < -0.4 is 18.9 Å². The van der Waals surface area contributed by atoms with E-state index >= 15 is 0 Å². The van der Waals surface area contributed by atoms with Crippen LogP contribution in [-0.4, -0.2) is 55.1 Å². The molecule has 0 spiro atoms. The minimum Gasteiger partial charge on any atom is -0.493 e. The number of allylic oxidation sites excluding steroid dienone is 1. The highest BCUT2D eigenvalue weighted by atomic mass is 32.2. The molecule has 0 saturated heterocycles. The lowest BCUT2D eigenvalue weighted by atomic mass is 10.2. The third-order valence-electron chi connectivity index (χ3n) is 5.58. The lowest BCUT2D eigenvalue weighted by Gasteiger charge is -2.17. The Morgan fingerprint density at radius 3 is 2.41 bits per heavy atom. The topological polar surface area (TPSA) is 158 Å². The van der Waals surface area contributed by atoms with Gasteiger partial charge in [0, 0.05) is 18.0 Å². The van der Waals surface area contributed by atoms with Crippen LogP contribution in [0.3, 0.4) is 0 Å². The van der Waals surface area contributed by atoms with E-state index in [2.05, 4.69) is 31.2 Å². The van der Waals surface area contributed by atoms with Crippen molar-refractivity contribution < 1.29 is 27.4 Å². The van der Waals surface area contributed by atoms with Crippen molar-refractivity contribution in [2.24, 2.45) is 0 Å². The fourth-order valence-corrected chi connectivity index (χ4v) is 4.49. The van der Waals surface area contributed by atoms with Crippen LogP contribution in [0, 0.1) is 5.41 Å². The maximum absolute atomic E-state index is 13.4. The van der Waals surface area contributed by atoms with Gasteiger partial charge in [-0.3, -0.25) is 15.1 Å². The molecule has 0 aliphatic heterocycles. The zero-order valence-electron chi connectivity index (χ0n) is 22.8. The smallest absolute Gasteiger partial charge is 0.280 e. The molecule has 3 heterocycles. The minimum atomic E-state index is -4.25. The standard InChI is InChI=1S/C28H28N6O6S/c1-6-39-25(29)20-15-18(13-14-30-20)26-32-27(34-41(35,36)23-12-11-19(16-31-23)17(2)3)24(28(33-26)38-5)40-22-10-8-7-9-21(22)37-4/h7-16,29H,2,6H2,1,3-5H3,(H,32,33,34). The van der Waals surface area contributed by atoms with Gasteiger partial charge in [0.2, 0.25) is 11.6 Å². The average molecular weight is 577 g/mol. The van der Waals surface area contributed by atoms with E-state index in [0.29, 0.717) is 16.9 Å². The molecule has 0 fully saturated rings. The van der Waals surface area contributed by atoms with E-state index in [-0.39, 0.29) is 52.2 Å². The van der Waals surface area contributed by atoms with Crippen molar-refractivity contribution in [2.45, 2.75) is 18.9 Å². The number of ether oxygens (including phenoxy) is 4. The zero-order valence-corrected chi connectivity index (χ0v) is 23.7. The first kappa shape index (κ1) is 29.0. The van der Waals surface area contributed by atoms with Gasteiger partial charge < -0.3 is 18.9 Å². The van der Waals surface area contributed by atoms with E-state index in [1.54, 1.807) is 56.3 Å². The quantitative estimate of drug-likeness (QED) is 0.185. The first-order chi connectivity index (χ1) is 19.7. The third-order valence-corrected chi connectivity index (χ3v) is 6.84. The number of pyridine rings is 2. The Kier molecular flexibility index (Phi) is 8.78. The number of aromatic nitrogens is 4. The summed E-state index contributed by atoms with van der Waals surface area (Å²) in [6.45, 7) is 7.68. The maximum atomic E-state index is 13.4. The first-order valence-electron chi connectivity index (χ1n) is 12.3. The summed E-state index contributed by atoms with van der Waals surface area (Å²) < 4.78 is 51.6. The van der Waals surface area contributed by atoms with Gasteiger partial charge in [0.05, 0.1) is 20.8 Å². The summed E-state index contributed by atoms with van der Waals surface area (Å²) in [5, 5.41) is 7.83. The van der Waals surface area contributed by atoms with E-state index in [0.717, 1.165) is 5.57 Å². The highest BCUT2D eigenvalue weighted by Crippen LogP contribution is 2.41. The summed E-state index contributed by atoms with van der Waals surface area (Å²) in [5.41, 5.74) is 2.10. The predicted octanol–water partition coefficient (Wildman–Crippen LogP) is 4.94. The summed E-state index contributed by atoms with van der Waals surface area (Å²) in [6, 6.07) is 12.9. The Hall–Kier alpha value is -5.04. The van der Waals surface area contributed by atoms with Gasteiger partial charge in [-0.2, -0.15) is 13.4 Å². The van der Waals surface area contributed by atoms with Gasteiger partial charge in [0.15, 0.2) is 28.2 Å². The number of rotatable bonds is 11. The van der Waals surface area contributed by atoms with Crippen LogP contribution in [0.4, 0.5) is 5.82 Å². The molecule has 0 aliphatic carbocycles. The number of hydrogen-bond donors (Lipinski definition) is 2. The molecule has 0 bridgehead atoms. The molecule has 4 rings (SSSR count). The fourth-order valence-electron chi connectivity index (χ4n) is 3.55. The Balaban J connectivity index is 1.85. The summed E-state index contributed by atoms with van der Waals surface area (Å²) in [7, 11) is -1.42. The molecule has 4 aromatic rings. The fraction of sp³-hybridized carbons (Fsp3) is 0.179. The Bertz CT molecular complexity index is 1690. The molecule has 12 nitrogen and oxygen atoms in total. The number of para-hydroxylation sites is 2. The van der Waals surface area contributed by atoms with Crippen LogP contribution >= 0.6 is 0 Å². The van der Waals surface area contributed by atoms with E-state index in [1.165, 1.54) is 32.7 Å². The molecule has 1 aromatic carbocycles. The van der Waals surface area contributed by atoms with Gasteiger partial charge in [-0.05, 0) is 55.3 Å². The van der Waals surface area contributed by atoms with Gasteiger partial charge in [-0.25, -0.2) is 9.97 Å². The Morgan fingerprint density at radius 1 is 1.02 bits per heavy atom. The number of anilines is 1. The molecule has 0 atom stereocenters. The molecule has 41 heavy (non-hydrogen) atoms. The van der Waals surface area contributed by atoms with Gasteiger partial charge in [0.1, 0.15) is 5.69 Å². The minimum absolute atomic E-state index is 0.0672. The number of hydrogen-bond acceptors (Lipinski definition) is 11. The van der Waals surface area contributed by atoms with Crippen molar-refractivity contribution in [2.75, 3.05) is 25.5 Å². The van der Waals surface area contributed by atoms with Crippen molar-refractivity contribution in [1.82, 2.24) is 19.9 Å². The number of nitrogens with one attached hydrogen (secondary N) is 2. The highest BCUT2D eigenvalue weighted by Gasteiger charge is 2.26. The van der Waals surface area contributed by atoms with E-state index in [9.17, 15) is 8.42 Å². The average Bonchev–Trinajstić information content (AvgIpc) is 2.98. The third kappa shape index (κ3) is 6.58. The second-order valence-electron chi connectivity index (χ2n) is 8.45. The molecular weight excluding hydrogens is 548 g/mol. The van der Waals surface area contributed by atoms with Crippen molar-refractivity contribution in [3.05, 3.63) is 78.8 Å². The SMILES string of the molecule is C=C(C)c1ccc(S(=O)(=O)Nc2nc(-c3ccnc(C(=N)OCC)c3)nc(OC)c2Oc2ccccc2OC)nc1. The van der Waals surface area contributed by atoms with Gasteiger partial charge in [-0.15, -0.1) is 0 Å². The molecule has 2 N–H and O–H groups in total. The van der Waals surface area contributed by atoms with E-state index in [1.807, 2.05) is 0 Å².